The molecule has 0 aliphatic carbocycles. The highest BCUT2D eigenvalue weighted by Crippen LogP contribution is 2.02. The second-order valence-electron chi connectivity index (χ2n) is 3.63. The average Bonchev–Trinajstić information content (AvgIpc) is 2.36. The molecule has 6 heteroatoms. The molecule has 1 atom stereocenters. The molecule has 0 saturated heterocycles. The summed E-state index contributed by atoms with van der Waals surface area (Å²) in [5.74, 6) is -1.16. The normalized spacial score (nSPS) is 13.9. The molecule has 0 radical (unpaired) electrons. The summed E-state index contributed by atoms with van der Waals surface area (Å²) in [5, 5.41) is 0. The van der Waals surface area contributed by atoms with Gasteiger partial charge in [-0.25, -0.2) is 9.59 Å². The zero-order chi connectivity index (χ0) is 14.1. The monoisotopic (exact) mass is 256 g/mol. The fourth-order valence-corrected chi connectivity index (χ4v) is 0.946. The van der Waals surface area contributed by atoms with E-state index < -0.39 is 18.0 Å². The van der Waals surface area contributed by atoms with Crippen molar-refractivity contribution in [2.45, 2.75) is 33.3 Å². The van der Waals surface area contributed by atoms with Crippen molar-refractivity contribution < 1.29 is 19.1 Å². The molecule has 6 nitrogen and oxygen atoms in total. The van der Waals surface area contributed by atoms with Gasteiger partial charge >= 0.3 is 11.9 Å². The number of nitrogens with two attached hydrogens (primary N) is 2. The predicted molar refractivity (Wildman–Crippen MR) is 67.0 cm³/mol. The van der Waals surface area contributed by atoms with Crippen molar-refractivity contribution in [1.82, 2.24) is 0 Å². The Morgan fingerprint density at radius 3 is 2.11 bits per heavy atom. The highest BCUT2D eigenvalue weighted by molar-refractivity contribution is 5.87. The van der Waals surface area contributed by atoms with Crippen LogP contribution in [0, 0.1) is 0 Å². The van der Waals surface area contributed by atoms with Gasteiger partial charge < -0.3 is 20.9 Å². The van der Waals surface area contributed by atoms with Crippen LogP contribution in [0.5, 0.6) is 0 Å². The summed E-state index contributed by atoms with van der Waals surface area (Å²) >= 11 is 0. The first-order valence-electron chi connectivity index (χ1n) is 5.64. The first-order chi connectivity index (χ1) is 8.42. The van der Waals surface area contributed by atoms with Crippen LogP contribution in [-0.4, -0.2) is 24.6 Å². The Morgan fingerprint density at radius 1 is 1.11 bits per heavy atom. The quantitative estimate of drug-likeness (QED) is 0.532. The van der Waals surface area contributed by atoms with Crippen LogP contribution in [0.2, 0.25) is 0 Å². The van der Waals surface area contributed by atoms with Crippen molar-refractivity contribution in [3.05, 3.63) is 23.5 Å². The van der Waals surface area contributed by atoms with Gasteiger partial charge in [-0.2, -0.15) is 0 Å². The van der Waals surface area contributed by atoms with Gasteiger partial charge in [0.05, 0.1) is 6.61 Å². The fourth-order valence-electron chi connectivity index (χ4n) is 0.946. The topological polar surface area (TPSA) is 105 Å². The molecule has 0 heterocycles. The lowest BCUT2D eigenvalue weighted by molar-refractivity contribution is -0.145. The maximum Gasteiger partial charge on any atom is 0.354 e. The molecule has 0 spiro atoms. The van der Waals surface area contributed by atoms with Crippen LogP contribution in [-0.2, 0) is 19.1 Å². The molecule has 4 N–H and O–H groups in total. The van der Waals surface area contributed by atoms with E-state index >= 15 is 0 Å². The maximum absolute atomic E-state index is 11.3. The van der Waals surface area contributed by atoms with Crippen LogP contribution in [0.1, 0.15) is 27.2 Å². The Kier molecular flexibility index (Phi) is 7.26. The van der Waals surface area contributed by atoms with Gasteiger partial charge in [-0.3, -0.25) is 0 Å². The van der Waals surface area contributed by atoms with Crippen molar-refractivity contribution >= 4 is 11.9 Å². The number of rotatable bonds is 6. The molecule has 18 heavy (non-hydrogen) atoms. The predicted octanol–water partition coefficient (Wildman–Crippen LogP) is 0.576. The molecular weight excluding hydrogens is 236 g/mol. The first kappa shape index (κ1) is 16.0. The summed E-state index contributed by atoms with van der Waals surface area (Å²) < 4.78 is 9.87. The number of hydrogen-bond donors (Lipinski definition) is 2. The van der Waals surface area contributed by atoms with Crippen LogP contribution < -0.4 is 11.5 Å². The van der Waals surface area contributed by atoms with E-state index in [9.17, 15) is 9.59 Å². The minimum atomic E-state index is -0.580. The molecule has 0 aliphatic rings. The Balaban J connectivity index is 3.95. The van der Waals surface area contributed by atoms with Crippen molar-refractivity contribution in [1.29, 1.82) is 0 Å². The lowest BCUT2D eigenvalue weighted by Gasteiger charge is -2.13. The minimum absolute atomic E-state index is 0.0528. The van der Waals surface area contributed by atoms with Gasteiger partial charge in [-0.1, -0.05) is 12.2 Å². The van der Waals surface area contributed by atoms with E-state index in [1.165, 1.54) is 12.2 Å². The van der Waals surface area contributed by atoms with E-state index in [0.717, 1.165) is 0 Å². The van der Waals surface area contributed by atoms with Crippen LogP contribution in [0.3, 0.4) is 0 Å². The molecule has 102 valence electrons. The molecule has 0 amide bonds. The summed E-state index contributed by atoms with van der Waals surface area (Å²) in [6.45, 7) is 5.09. The standard InChI is InChI=1S/C12H20N2O4/c1-4-9(13)11(15)17-7-6-8(3)18-12(16)10(14)5-2/h4-5,8H,6-7,13-14H2,1-3H3/b9-4-,10-5-. The fraction of sp³-hybridized carbons (Fsp3) is 0.500. The summed E-state index contributed by atoms with van der Waals surface area (Å²) in [4.78, 5) is 22.5. The van der Waals surface area contributed by atoms with E-state index in [-0.39, 0.29) is 18.0 Å². The van der Waals surface area contributed by atoms with E-state index in [2.05, 4.69) is 0 Å². The maximum atomic E-state index is 11.3. The number of allylic oxidation sites excluding steroid dienone is 2. The second-order valence-corrected chi connectivity index (χ2v) is 3.63. The Morgan fingerprint density at radius 2 is 1.61 bits per heavy atom. The van der Waals surface area contributed by atoms with Crippen molar-refractivity contribution in [2.24, 2.45) is 11.5 Å². The van der Waals surface area contributed by atoms with Crippen LogP contribution >= 0.6 is 0 Å². The largest absolute Gasteiger partial charge is 0.461 e. The van der Waals surface area contributed by atoms with Crippen LogP contribution in [0.4, 0.5) is 0 Å². The molecule has 0 rings (SSSR count). The van der Waals surface area contributed by atoms with Crippen LogP contribution in [0.15, 0.2) is 23.5 Å². The zero-order valence-electron chi connectivity index (χ0n) is 10.9. The van der Waals surface area contributed by atoms with Crippen molar-refractivity contribution in [2.75, 3.05) is 6.61 Å². The molecule has 0 aliphatic heterocycles. The van der Waals surface area contributed by atoms with Gasteiger partial charge in [-0.05, 0) is 20.8 Å². The van der Waals surface area contributed by atoms with Gasteiger partial charge in [-0.15, -0.1) is 0 Å². The Labute approximate surface area is 107 Å². The SMILES string of the molecule is C/C=C(\N)C(=O)OCCC(C)OC(=O)/C(N)=C/C. The van der Waals surface area contributed by atoms with Gasteiger partial charge in [0.15, 0.2) is 0 Å². The minimum Gasteiger partial charge on any atom is -0.461 e. The van der Waals surface area contributed by atoms with Gasteiger partial charge in [0.2, 0.25) is 0 Å². The highest BCUT2D eigenvalue weighted by atomic mass is 16.6. The van der Waals surface area contributed by atoms with E-state index in [0.29, 0.717) is 6.42 Å². The third kappa shape index (κ3) is 5.93. The van der Waals surface area contributed by atoms with E-state index in [4.69, 9.17) is 20.9 Å². The summed E-state index contributed by atoms with van der Waals surface area (Å²) in [7, 11) is 0. The number of carbonyl (C=O) groups is 2. The molecule has 0 aromatic carbocycles. The molecule has 0 aromatic heterocycles. The molecular formula is C12H20N2O4. The van der Waals surface area contributed by atoms with Gasteiger partial charge in [0.25, 0.3) is 0 Å². The Bertz CT molecular complexity index is 361. The van der Waals surface area contributed by atoms with Gasteiger partial charge in [0, 0.05) is 6.42 Å². The number of esters is 2. The Hall–Kier alpha value is -1.98. The zero-order valence-corrected chi connectivity index (χ0v) is 10.9. The van der Waals surface area contributed by atoms with E-state index in [1.807, 2.05) is 0 Å². The number of hydrogen-bond acceptors (Lipinski definition) is 6. The van der Waals surface area contributed by atoms with Crippen molar-refractivity contribution in [3.63, 3.8) is 0 Å². The average molecular weight is 256 g/mol. The summed E-state index contributed by atoms with van der Waals surface area (Å²) in [6.07, 6.45) is 2.90. The van der Waals surface area contributed by atoms with Crippen LogP contribution in [0.25, 0.3) is 0 Å². The van der Waals surface area contributed by atoms with Crippen molar-refractivity contribution in [3.8, 4) is 0 Å². The number of carbonyl (C=O) groups excluding carboxylic acids is 2. The third-order valence-electron chi connectivity index (χ3n) is 2.16. The molecule has 0 bridgehead atoms. The smallest absolute Gasteiger partial charge is 0.354 e. The molecule has 1 unspecified atom stereocenters. The van der Waals surface area contributed by atoms with E-state index in [1.54, 1.807) is 20.8 Å². The van der Waals surface area contributed by atoms with Gasteiger partial charge in [0.1, 0.15) is 17.5 Å². The molecule has 0 fully saturated rings. The molecule has 0 saturated carbocycles. The first-order valence-corrected chi connectivity index (χ1v) is 5.64. The summed E-state index contributed by atoms with van der Waals surface area (Å²) in [6, 6.07) is 0. The third-order valence-corrected chi connectivity index (χ3v) is 2.16. The second kappa shape index (κ2) is 8.16. The summed E-state index contributed by atoms with van der Waals surface area (Å²) in [5.41, 5.74) is 10.8. The number of ether oxygens (including phenoxy) is 2. The lowest BCUT2D eigenvalue weighted by atomic mass is 10.3. The highest BCUT2D eigenvalue weighted by Gasteiger charge is 2.12. The lowest BCUT2D eigenvalue weighted by Crippen LogP contribution is -2.23. The molecule has 0 aromatic rings.